The minimum atomic E-state index is 0.554. The van der Waals surface area contributed by atoms with E-state index < -0.39 is 0 Å². The fourth-order valence-corrected chi connectivity index (χ4v) is 0.812. The highest BCUT2D eigenvalue weighted by Crippen LogP contribution is 2.07. The van der Waals surface area contributed by atoms with E-state index in [9.17, 15) is 0 Å². The molecule has 0 unspecified atom stereocenters. The fourth-order valence-electron chi connectivity index (χ4n) is 0.812. The normalized spacial score (nSPS) is 11.4. The third kappa shape index (κ3) is 9.06. The Morgan fingerprint density at radius 1 is 1.38 bits per heavy atom. The highest BCUT2D eigenvalue weighted by Gasteiger charge is 1.96. The van der Waals surface area contributed by atoms with E-state index in [0.717, 1.165) is 6.42 Å². The van der Waals surface area contributed by atoms with Crippen LogP contribution in [0.25, 0.3) is 0 Å². The van der Waals surface area contributed by atoms with E-state index in [1.165, 1.54) is 5.57 Å². The van der Waals surface area contributed by atoms with Crippen molar-refractivity contribution in [2.45, 2.75) is 41.0 Å². The Morgan fingerprint density at radius 2 is 1.92 bits per heavy atom. The quantitative estimate of drug-likeness (QED) is 0.576. The SMILES string of the molecule is C=CN=C/C(=C\CC)C(C)C.CC. The highest BCUT2D eigenvalue weighted by atomic mass is 14.7. The van der Waals surface area contributed by atoms with Gasteiger partial charge in [-0.15, -0.1) is 0 Å². The van der Waals surface area contributed by atoms with Gasteiger partial charge >= 0.3 is 0 Å². The second-order valence-electron chi connectivity index (χ2n) is 2.73. The molecule has 0 aliphatic carbocycles. The summed E-state index contributed by atoms with van der Waals surface area (Å²) in [6.45, 7) is 14.0. The van der Waals surface area contributed by atoms with Crippen LogP contribution in [0.3, 0.4) is 0 Å². The average Bonchev–Trinajstić information content (AvgIpc) is 2.15. The number of rotatable bonds is 4. The summed E-state index contributed by atoms with van der Waals surface area (Å²) in [5.41, 5.74) is 1.28. The van der Waals surface area contributed by atoms with E-state index in [1.54, 1.807) is 6.20 Å². The average molecular weight is 181 g/mol. The van der Waals surface area contributed by atoms with Crippen LogP contribution in [-0.4, -0.2) is 6.21 Å². The van der Waals surface area contributed by atoms with Crippen LogP contribution in [0.1, 0.15) is 41.0 Å². The Hall–Kier alpha value is -0.850. The molecule has 0 aliphatic heterocycles. The van der Waals surface area contributed by atoms with Gasteiger partial charge in [0, 0.05) is 12.4 Å². The van der Waals surface area contributed by atoms with E-state index in [4.69, 9.17) is 0 Å². The van der Waals surface area contributed by atoms with Gasteiger partial charge < -0.3 is 0 Å². The molecule has 0 saturated carbocycles. The van der Waals surface area contributed by atoms with Crippen molar-refractivity contribution in [2.75, 3.05) is 0 Å². The van der Waals surface area contributed by atoms with Crippen molar-refractivity contribution >= 4 is 6.21 Å². The first kappa shape index (κ1) is 14.7. The van der Waals surface area contributed by atoms with Gasteiger partial charge in [-0.05, 0) is 17.9 Å². The van der Waals surface area contributed by atoms with Crippen molar-refractivity contribution < 1.29 is 0 Å². The lowest BCUT2D eigenvalue weighted by Crippen LogP contribution is -1.94. The predicted octanol–water partition coefficient (Wildman–Crippen LogP) is 4.22. The molecule has 0 fully saturated rings. The standard InChI is InChI=1S/C10H17N.C2H6/c1-5-7-10(9(3)4)8-11-6-2;1-2/h6-9H,2,5H2,1,3-4H3;1-2H3/b10-7+,11-8?;. The van der Waals surface area contributed by atoms with Crippen molar-refractivity contribution in [1.82, 2.24) is 0 Å². The van der Waals surface area contributed by atoms with Crippen molar-refractivity contribution in [1.29, 1.82) is 0 Å². The molecule has 0 aliphatic rings. The Kier molecular flexibility index (Phi) is 12.6. The van der Waals surface area contributed by atoms with Crippen LogP contribution in [-0.2, 0) is 0 Å². The van der Waals surface area contributed by atoms with Gasteiger partial charge in [-0.2, -0.15) is 0 Å². The maximum absolute atomic E-state index is 3.98. The monoisotopic (exact) mass is 181 g/mol. The minimum absolute atomic E-state index is 0.554. The molecule has 0 aromatic heterocycles. The molecule has 1 heteroatoms. The van der Waals surface area contributed by atoms with Crippen molar-refractivity contribution in [3.05, 3.63) is 24.4 Å². The molecule has 1 nitrogen and oxygen atoms in total. The third-order valence-electron chi connectivity index (χ3n) is 1.44. The van der Waals surface area contributed by atoms with Crippen LogP contribution < -0.4 is 0 Å². The van der Waals surface area contributed by atoms with Crippen molar-refractivity contribution in [3.63, 3.8) is 0 Å². The van der Waals surface area contributed by atoms with Gasteiger partial charge in [-0.25, -0.2) is 0 Å². The summed E-state index contributed by atoms with van der Waals surface area (Å²) < 4.78 is 0. The third-order valence-corrected chi connectivity index (χ3v) is 1.44. The molecular weight excluding hydrogens is 158 g/mol. The number of nitrogens with zero attached hydrogens (tertiary/aromatic N) is 1. The summed E-state index contributed by atoms with van der Waals surface area (Å²) in [4.78, 5) is 3.98. The maximum Gasteiger partial charge on any atom is 0.0299 e. The van der Waals surface area contributed by atoms with Crippen LogP contribution in [0.2, 0.25) is 0 Å². The number of aliphatic imine (C=N–C) groups is 1. The summed E-state index contributed by atoms with van der Waals surface area (Å²) in [6, 6.07) is 0. The van der Waals surface area contributed by atoms with E-state index >= 15 is 0 Å². The predicted molar refractivity (Wildman–Crippen MR) is 63.2 cm³/mol. The Bertz CT molecular complexity index is 164. The van der Waals surface area contributed by atoms with Crippen molar-refractivity contribution in [3.8, 4) is 0 Å². The number of allylic oxidation sites excluding steroid dienone is 2. The second kappa shape index (κ2) is 11.2. The van der Waals surface area contributed by atoms with Crippen molar-refractivity contribution in [2.24, 2.45) is 10.9 Å². The lowest BCUT2D eigenvalue weighted by atomic mass is 10.0. The van der Waals surface area contributed by atoms with Crippen LogP contribution in [0.4, 0.5) is 0 Å². The molecular formula is C12H23N. The van der Waals surface area contributed by atoms with Crippen LogP contribution in [0, 0.1) is 5.92 Å². The van der Waals surface area contributed by atoms with Crippen LogP contribution >= 0.6 is 0 Å². The summed E-state index contributed by atoms with van der Waals surface area (Å²) >= 11 is 0. The zero-order valence-electron chi connectivity index (χ0n) is 9.67. The lowest BCUT2D eigenvalue weighted by molar-refractivity contribution is 0.800. The number of hydrogen-bond acceptors (Lipinski definition) is 1. The molecule has 0 radical (unpaired) electrons. The van der Waals surface area contributed by atoms with Gasteiger partial charge in [0.1, 0.15) is 0 Å². The van der Waals surface area contributed by atoms with E-state index in [2.05, 4.69) is 38.4 Å². The van der Waals surface area contributed by atoms with Crippen LogP contribution in [0.5, 0.6) is 0 Å². The molecule has 76 valence electrons. The van der Waals surface area contributed by atoms with Gasteiger partial charge in [-0.1, -0.05) is 47.3 Å². The Balaban J connectivity index is 0. The van der Waals surface area contributed by atoms with E-state index in [-0.39, 0.29) is 0 Å². The van der Waals surface area contributed by atoms with Gasteiger partial charge in [0.25, 0.3) is 0 Å². The summed E-state index contributed by atoms with van der Waals surface area (Å²) in [7, 11) is 0. The first-order chi connectivity index (χ1) is 6.22. The first-order valence-corrected chi connectivity index (χ1v) is 5.06. The first-order valence-electron chi connectivity index (χ1n) is 5.06. The molecule has 0 saturated heterocycles. The summed E-state index contributed by atoms with van der Waals surface area (Å²) in [5.74, 6) is 0.554. The molecule has 0 bridgehead atoms. The molecule has 13 heavy (non-hydrogen) atoms. The second-order valence-corrected chi connectivity index (χ2v) is 2.73. The zero-order chi connectivity index (χ0) is 10.7. The van der Waals surface area contributed by atoms with Gasteiger partial charge in [0.15, 0.2) is 0 Å². The zero-order valence-corrected chi connectivity index (χ0v) is 9.67. The molecule has 0 atom stereocenters. The lowest BCUT2D eigenvalue weighted by Gasteiger charge is -2.03. The van der Waals surface area contributed by atoms with Gasteiger partial charge in [0.2, 0.25) is 0 Å². The minimum Gasteiger partial charge on any atom is -0.265 e. The fraction of sp³-hybridized carbons (Fsp3) is 0.583. The van der Waals surface area contributed by atoms with Gasteiger partial charge in [0.05, 0.1) is 0 Å². The molecule has 0 amide bonds. The maximum atomic E-state index is 3.98. The molecule has 0 aromatic rings. The molecule has 0 heterocycles. The largest absolute Gasteiger partial charge is 0.265 e. The topological polar surface area (TPSA) is 12.4 Å². The number of hydrogen-bond donors (Lipinski definition) is 0. The Morgan fingerprint density at radius 3 is 2.23 bits per heavy atom. The van der Waals surface area contributed by atoms with E-state index in [0.29, 0.717) is 5.92 Å². The Labute approximate surface area is 83.3 Å². The van der Waals surface area contributed by atoms with E-state index in [1.807, 2.05) is 20.1 Å². The molecule has 0 rings (SSSR count). The molecule has 0 aromatic carbocycles. The summed E-state index contributed by atoms with van der Waals surface area (Å²) in [5, 5.41) is 0. The molecule has 0 spiro atoms. The molecule has 0 N–H and O–H groups in total. The highest BCUT2D eigenvalue weighted by molar-refractivity contribution is 5.79. The smallest absolute Gasteiger partial charge is 0.0299 e. The van der Waals surface area contributed by atoms with Gasteiger partial charge in [-0.3, -0.25) is 4.99 Å². The van der Waals surface area contributed by atoms with Crippen LogP contribution in [0.15, 0.2) is 29.4 Å². The summed E-state index contributed by atoms with van der Waals surface area (Å²) in [6.07, 6.45) is 6.70.